The number of nitrogens with zero attached hydrogens (tertiary/aromatic N) is 1. The molecule has 2 rings (SSSR count). The molecular weight excluding hydrogens is 238 g/mol. The fourth-order valence-corrected chi connectivity index (χ4v) is 3.42. The van der Waals surface area contributed by atoms with E-state index in [-0.39, 0.29) is 17.5 Å². The van der Waals surface area contributed by atoms with Crippen molar-refractivity contribution < 1.29 is 8.42 Å². The van der Waals surface area contributed by atoms with Crippen LogP contribution in [0.4, 0.5) is 5.82 Å². The zero-order valence-corrected chi connectivity index (χ0v) is 10.4. The van der Waals surface area contributed by atoms with Gasteiger partial charge in [-0.3, -0.25) is 0 Å². The smallest absolute Gasteiger partial charge is 0.150 e. The molecule has 0 amide bonds. The maximum absolute atomic E-state index is 11.3. The van der Waals surface area contributed by atoms with Crippen LogP contribution in [0.3, 0.4) is 0 Å². The number of rotatable bonds is 3. The second-order valence-corrected chi connectivity index (χ2v) is 6.63. The lowest BCUT2D eigenvalue weighted by molar-refractivity contribution is 0.559. The normalized spacial score (nSPS) is 20.1. The van der Waals surface area contributed by atoms with Crippen LogP contribution in [0, 0.1) is 0 Å². The maximum atomic E-state index is 11.3. The van der Waals surface area contributed by atoms with E-state index in [1.54, 1.807) is 6.20 Å². The van der Waals surface area contributed by atoms with Crippen LogP contribution >= 0.6 is 0 Å². The van der Waals surface area contributed by atoms with E-state index in [1.165, 1.54) is 0 Å². The number of hydrogen-bond acceptors (Lipinski definition) is 5. The first-order valence-electron chi connectivity index (χ1n) is 5.71. The minimum atomic E-state index is -2.80. The molecule has 1 aromatic rings. The monoisotopic (exact) mass is 255 g/mol. The van der Waals surface area contributed by atoms with E-state index in [9.17, 15) is 8.42 Å². The first kappa shape index (κ1) is 12.3. The van der Waals surface area contributed by atoms with Crippen LogP contribution in [0.15, 0.2) is 18.3 Å². The maximum Gasteiger partial charge on any atom is 0.150 e. The van der Waals surface area contributed by atoms with Crippen molar-refractivity contribution in [3.05, 3.63) is 23.9 Å². The van der Waals surface area contributed by atoms with Crippen LogP contribution < -0.4 is 11.1 Å². The van der Waals surface area contributed by atoms with Gasteiger partial charge in [0.1, 0.15) is 15.7 Å². The minimum absolute atomic E-state index is 0.194. The van der Waals surface area contributed by atoms with Gasteiger partial charge in [-0.05, 0) is 30.5 Å². The highest BCUT2D eigenvalue weighted by Gasteiger charge is 2.23. The molecule has 3 N–H and O–H groups in total. The molecular formula is C11H17N3O2S. The van der Waals surface area contributed by atoms with Gasteiger partial charge in [0.05, 0.1) is 11.5 Å². The Balaban J connectivity index is 1.97. The number of sulfone groups is 1. The van der Waals surface area contributed by atoms with E-state index in [2.05, 4.69) is 10.3 Å². The van der Waals surface area contributed by atoms with Gasteiger partial charge in [-0.1, -0.05) is 0 Å². The van der Waals surface area contributed by atoms with Gasteiger partial charge < -0.3 is 11.1 Å². The van der Waals surface area contributed by atoms with Crippen molar-refractivity contribution in [3.8, 4) is 0 Å². The molecule has 0 spiro atoms. The third-order valence-electron chi connectivity index (χ3n) is 2.97. The zero-order valence-electron chi connectivity index (χ0n) is 9.59. The lowest BCUT2D eigenvalue weighted by Crippen LogP contribution is -2.32. The second kappa shape index (κ2) is 5.01. The Morgan fingerprint density at radius 2 is 2.12 bits per heavy atom. The van der Waals surface area contributed by atoms with Crippen LogP contribution in [-0.4, -0.2) is 30.9 Å². The Kier molecular flexibility index (Phi) is 3.63. The fraction of sp³-hybridized carbons (Fsp3) is 0.545. The predicted molar refractivity (Wildman–Crippen MR) is 67.4 cm³/mol. The Bertz CT molecular complexity index is 473. The molecule has 0 aliphatic carbocycles. The van der Waals surface area contributed by atoms with Gasteiger partial charge in [-0.2, -0.15) is 0 Å². The molecule has 17 heavy (non-hydrogen) atoms. The Morgan fingerprint density at radius 1 is 1.41 bits per heavy atom. The van der Waals surface area contributed by atoms with Gasteiger partial charge in [0.15, 0.2) is 0 Å². The van der Waals surface area contributed by atoms with Crippen molar-refractivity contribution in [2.45, 2.75) is 25.4 Å². The first-order chi connectivity index (χ1) is 8.09. The fourth-order valence-electron chi connectivity index (χ4n) is 1.92. The highest BCUT2D eigenvalue weighted by atomic mass is 32.2. The van der Waals surface area contributed by atoms with Gasteiger partial charge in [-0.25, -0.2) is 13.4 Å². The summed E-state index contributed by atoms with van der Waals surface area (Å²) in [6, 6.07) is 3.97. The van der Waals surface area contributed by atoms with E-state index in [1.807, 2.05) is 12.1 Å². The summed E-state index contributed by atoms with van der Waals surface area (Å²) >= 11 is 0. The summed E-state index contributed by atoms with van der Waals surface area (Å²) < 4.78 is 22.6. The minimum Gasteiger partial charge on any atom is -0.367 e. The van der Waals surface area contributed by atoms with Gasteiger partial charge >= 0.3 is 0 Å². The molecule has 1 aromatic heterocycles. The van der Waals surface area contributed by atoms with E-state index >= 15 is 0 Å². The van der Waals surface area contributed by atoms with Crippen molar-refractivity contribution in [1.82, 2.24) is 4.98 Å². The average molecular weight is 255 g/mol. The summed E-state index contributed by atoms with van der Waals surface area (Å²) in [5.41, 5.74) is 6.57. The molecule has 1 saturated heterocycles. The molecule has 0 atom stereocenters. The highest BCUT2D eigenvalue weighted by Crippen LogP contribution is 2.17. The summed E-state index contributed by atoms with van der Waals surface area (Å²) in [6.07, 6.45) is 3.01. The summed E-state index contributed by atoms with van der Waals surface area (Å²) in [4.78, 5) is 4.20. The van der Waals surface area contributed by atoms with Gasteiger partial charge in [0, 0.05) is 18.8 Å². The largest absolute Gasteiger partial charge is 0.367 e. The number of aromatic nitrogens is 1. The Morgan fingerprint density at radius 3 is 2.76 bits per heavy atom. The molecule has 1 fully saturated rings. The number of anilines is 1. The molecule has 0 aromatic carbocycles. The van der Waals surface area contributed by atoms with E-state index in [4.69, 9.17) is 5.73 Å². The molecule has 6 heteroatoms. The van der Waals surface area contributed by atoms with Crippen molar-refractivity contribution in [3.63, 3.8) is 0 Å². The van der Waals surface area contributed by atoms with Crippen LogP contribution in [0.25, 0.3) is 0 Å². The van der Waals surface area contributed by atoms with Gasteiger partial charge in [0.2, 0.25) is 0 Å². The zero-order chi connectivity index (χ0) is 12.3. The van der Waals surface area contributed by atoms with E-state index in [0.29, 0.717) is 19.4 Å². The molecule has 0 saturated carbocycles. The number of nitrogens with one attached hydrogen (secondary N) is 1. The van der Waals surface area contributed by atoms with Gasteiger partial charge in [-0.15, -0.1) is 0 Å². The Labute approximate surface area is 101 Å². The summed E-state index contributed by atoms with van der Waals surface area (Å²) in [7, 11) is -2.80. The molecule has 0 unspecified atom stereocenters. The lowest BCUT2D eigenvalue weighted by Gasteiger charge is -2.23. The first-order valence-corrected chi connectivity index (χ1v) is 7.53. The van der Waals surface area contributed by atoms with Crippen LogP contribution in [0.5, 0.6) is 0 Å². The van der Waals surface area contributed by atoms with Crippen LogP contribution in [-0.2, 0) is 16.4 Å². The molecule has 0 bridgehead atoms. The standard InChI is InChI=1S/C11H17N3O2S/c12-8-9-1-4-13-11(7-9)14-10-2-5-17(15,16)6-3-10/h1,4,7,10H,2-3,5-6,8,12H2,(H,13,14). The predicted octanol–water partition coefficient (Wildman–Crippen LogP) is 0.529. The summed E-state index contributed by atoms with van der Waals surface area (Å²) in [5, 5.41) is 3.26. The molecule has 1 aliphatic rings. The molecule has 1 aliphatic heterocycles. The number of hydrogen-bond donors (Lipinski definition) is 2. The molecule has 0 radical (unpaired) electrons. The van der Waals surface area contributed by atoms with Crippen molar-refractivity contribution in [1.29, 1.82) is 0 Å². The number of nitrogens with two attached hydrogens (primary N) is 1. The third kappa shape index (κ3) is 3.41. The van der Waals surface area contributed by atoms with Crippen LogP contribution in [0.1, 0.15) is 18.4 Å². The van der Waals surface area contributed by atoms with E-state index < -0.39 is 9.84 Å². The molecule has 94 valence electrons. The third-order valence-corrected chi connectivity index (χ3v) is 4.68. The molecule has 2 heterocycles. The lowest BCUT2D eigenvalue weighted by atomic mass is 10.1. The SMILES string of the molecule is NCc1ccnc(NC2CCS(=O)(=O)CC2)c1. The topological polar surface area (TPSA) is 85.1 Å². The molecule has 5 nitrogen and oxygen atoms in total. The summed E-state index contributed by atoms with van der Waals surface area (Å²) in [6.45, 7) is 0.482. The summed E-state index contributed by atoms with van der Waals surface area (Å²) in [5.74, 6) is 1.31. The van der Waals surface area contributed by atoms with E-state index in [0.717, 1.165) is 11.4 Å². The quantitative estimate of drug-likeness (QED) is 0.823. The second-order valence-electron chi connectivity index (χ2n) is 4.32. The Hall–Kier alpha value is -1.14. The van der Waals surface area contributed by atoms with Gasteiger partial charge in [0.25, 0.3) is 0 Å². The van der Waals surface area contributed by atoms with Crippen LogP contribution in [0.2, 0.25) is 0 Å². The average Bonchev–Trinajstić information content (AvgIpc) is 2.32. The van der Waals surface area contributed by atoms with Crippen molar-refractivity contribution in [2.75, 3.05) is 16.8 Å². The number of pyridine rings is 1. The highest BCUT2D eigenvalue weighted by molar-refractivity contribution is 7.91. The van der Waals surface area contributed by atoms with Crippen molar-refractivity contribution in [2.24, 2.45) is 5.73 Å². The van der Waals surface area contributed by atoms with Crippen molar-refractivity contribution >= 4 is 15.7 Å².